The Balaban J connectivity index is -0.000000232. The molecule has 0 amide bonds. The number of halogens is 2. The van der Waals surface area contributed by atoms with E-state index in [1.54, 1.807) is 7.11 Å². The quantitative estimate of drug-likeness (QED) is 0.590. The Labute approximate surface area is 135 Å². The molecule has 0 aromatic heterocycles. The number of nitrogens with zero attached hydrogens (tertiary/aromatic N) is 2. The van der Waals surface area contributed by atoms with Gasteiger partial charge in [0.2, 0.25) is 0 Å². The van der Waals surface area contributed by atoms with E-state index in [1.807, 2.05) is 24.3 Å². The molecule has 0 aliphatic rings. The molecule has 0 bridgehead atoms. The molecule has 0 heterocycles. The average molecular weight is 381 g/mol. The number of methoxy groups -OCH3 is 1. The standard InChI is InChI=1S/C7H7O.C6H16N2.CHF2.Pd/c1-8-7-5-3-2-4-6-7;1-7(2)5-6-8(3)4;2-1-3;/h3-6H,1H3;5-6H2,1-4H3;1H;/q-1;;-1;+2. The summed E-state index contributed by atoms with van der Waals surface area (Å²) in [6.45, 7) is 1.29. The van der Waals surface area contributed by atoms with E-state index in [4.69, 9.17) is 4.74 Å². The molecule has 20 heavy (non-hydrogen) atoms. The van der Waals surface area contributed by atoms with Crippen LogP contribution in [0, 0.1) is 13.0 Å². The zero-order valence-electron chi connectivity index (χ0n) is 12.7. The smallest absolute Gasteiger partial charge is 0.522 e. The van der Waals surface area contributed by atoms with Crippen LogP contribution in [-0.4, -0.2) is 58.2 Å². The van der Waals surface area contributed by atoms with Crippen LogP contribution in [0.1, 0.15) is 0 Å². The summed E-state index contributed by atoms with van der Waals surface area (Å²) in [4.78, 5) is 4.36. The van der Waals surface area contributed by atoms with Crippen LogP contribution in [0.5, 0.6) is 5.75 Å². The zero-order valence-corrected chi connectivity index (χ0v) is 14.2. The predicted octanol–water partition coefficient (Wildman–Crippen LogP) is 2.65. The van der Waals surface area contributed by atoms with Crippen LogP contribution in [-0.2, 0) is 20.4 Å². The third-order valence-corrected chi connectivity index (χ3v) is 1.92. The van der Waals surface area contributed by atoms with Crippen LogP contribution in [0.25, 0.3) is 0 Å². The molecule has 0 unspecified atom stereocenters. The van der Waals surface area contributed by atoms with Crippen LogP contribution in [0.15, 0.2) is 24.3 Å². The van der Waals surface area contributed by atoms with Crippen LogP contribution < -0.4 is 4.74 Å². The van der Waals surface area contributed by atoms with Gasteiger partial charge in [0.1, 0.15) is 0 Å². The summed E-state index contributed by atoms with van der Waals surface area (Å²) in [5, 5.41) is 0. The van der Waals surface area contributed by atoms with Gasteiger partial charge >= 0.3 is 20.4 Å². The van der Waals surface area contributed by atoms with Gasteiger partial charge in [-0.3, -0.25) is 0 Å². The van der Waals surface area contributed by atoms with Crippen molar-refractivity contribution in [2.24, 2.45) is 0 Å². The van der Waals surface area contributed by atoms with Gasteiger partial charge in [0.15, 0.2) is 0 Å². The van der Waals surface area contributed by atoms with Crippen molar-refractivity contribution in [3.63, 3.8) is 0 Å². The number of ether oxygens (including phenoxy) is 1. The Hall–Kier alpha value is -0.538. The summed E-state index contributed by atoms with van der Waals surface area (Å²) in [5.41, 5.74) is 0. The first-order valence-corrected chi connectivity index (χ1v) is 5.79. The van der Waals surface area contributed by atoms with Gasteiger partial charge in [0.25, 0.3) is 0 Å². The molecular weight excluding hydrogens is 357 g/mol. The van der Waals surface area contributed by atoms with Gasteiger partial charge < -0.3 is 23.3 Å². The first-order valence-electron chi connectivity index (χ1n) is 5.79. The fraction of sp³-hybridized carbons (Fsp3) is 0.500. The number of hydrogen-bond donors (Lipinski definition) is 0. The number of benzene rings is 1. The van der Waals surface area contributed by atoms with Crippen LogP contribution in [0.3, 0.4) is 0 Å². The molecule has 0 N–H and O–H groups in total. The zero-order chi connectivity index (χ0) is 15.1. The van der Waals surface area contributed by atoms with E-state index in [0.29, 0.717) is 0 Å². The number of rotatable bonds is 4. The molecule has 6 heteroatoms. The maximum absolute atomic E-state index is 9.50. The van der Waals surface area contributed by atoms with E-state index < -0.39 is 6.93 Å². The van der Waals surface area contributed by atoms with E-state index in [1.165, 1.54) is 0 Å². The summed E-state index contributed by atoms with van der Waals surface area (Å²) >= 11 is 0. The molecule has 0 fully saturated rings. The molecule has 0 atom stereocenters. The van der Waals surface area contributed by atoms with Gasteiger partial charge in [-0.15, -0.1) is 12.1 Å². The molecule has 1 aromatic rings. The fourth-order valence-corrected chi connectivity index (χ4v) is 0.908. The molecule has 0 saturated carbocycles. The normalized spacial score (nSPS) is 8.85. The largest absolute Gasteiger partial charge is 2.00 e. The van der Waals surface area contributed by atoms with Crippen molar-refractivity contribution in [3.05, 3.63) is 37.3 Å². The molecule has 0 spiro atoms. The second-order valence-corrected chi connectivity index (χ2v) is 4.13. The monoisotopic (exact) mass is 380 g/mol. The van der Waals surface area contributed by atoms with Crippen molar-refractivity contribution in [3.8, 4) is 5.75 Å². The van der Waals surface area contributed by atoms with Gasteiger partial charge in [-0.05, 0) is 35.1 Å². The van der Waals surface area contributed by atoms with Crippen LogP contribution >= 0.6 is 0 Å². The van der Waals surface area contributed by atoms with Gasteiger partial charge in [-0.1, -0.05) is 0 Å². The van der Waals surface area contributed by atoms with Crippen molar-refractivity contribution in [1.82, 2.24) is 9.80 Å². The average Bonchev–Trinajstić information content (AvgIpc) is 2.39. The van der Waals surface area contributed by atoms with Crippen LogP contribution in [0.2, 0.25) is 0 Å². The van der Waals surface area contributed by atoms with E-state index in [-0.39, 0.29) is 20.4 Å². The summed E-state index contributed by atoms with van der Waals surface area (Å²) in [6, 6.07) is 10.2. The Morgan fingerprint density at radius 2 is 1.40 bits per heavy atom. The van der Waals surface area contributed by atoms with Crippen molar-refractivity contribution < 1.29 is 33.9 Å². The first-order chi connectivity index (χ1) is 8.97. The predicted molar refractivity (Wildman–Crippen MR) is 75.5 cm³/mol. The van der Waals surface area contributed by atoms with Crippen molar-refractivity contribution >= 4 is 0 Å². The molecular formula is C14H24F2N2OPd. The molecule has 3 nitrogen and oxygen atoms in total. The maximum Gasteiger partial charge on any atom is 2.00 e. The third-order valence-electron chi connectivity index (χ3n) is 1.92. The minimum atomic E-state index is -1.00. The molecule has 0 saturated heterocycles. The van der Waals surface area contributed by atoms with E-state index >= 15 is 0 Å². The van der Waals surface area contributed by atoms with Gasteiger partial charge in [-0.2, -0.15) is 18.2 Å². The van der Waals surface area contributed by atoms with Crippen LogP contribution in [0.4, 0.5) is 8.78 Å². The Kier molecular flexibility index (Phi) is 22.6. The minimum Gasteiger partial charge on any atom is -0.522 e. The summed E-state index contributed by atoms with van der Waals surface area (Å²) in [6.07, 6.45) is 0. The molecule has 1 rings (SSSR count). The maximum atomic E-state index is 9.50. The van der Waals surface area contributed by atoms with E-state index in [2.05, 4.69) is 44.1 Å². The Morgan fingerprint density at radius 3 is 1.60 bits per heavy atom. The number of likely N-dealkylation sites (N-methyl/N-ethyl adjacent to an activating group) is 2. The second-order valence-electron chi connectivity index (χ2n) is 4.13. The van der Waals surface area contributed by atoms with E-state index in [0.717, 1.165) is 18.8 Å². The van der Waals surface area contributed by atoms with Gasteiger partial charge in [-0.25, -0.2) is 0 Å². The Bertz CT molecular complexity index is 267. The molecule has 0 aliphatic heterocycles. The first kappa shape index (κ1) is 24.5. The van der Waals surface area contributed by atoms with Gasteiger partial charge in [0, 0.05) is 18.8 Å². The molecule has 0 radical (unpaired) electrons. The minimum absolute atomic E-state index is 0. The molecule has 120 valence electrons. The van der Waals surface area contributed by atoms with Crippen molar-refractivity contribution in [2.75, 3.05) is 48.4 Å². The van der Waals surface area contributed by atoms with Crippen molar-refractivity contribution in [1.29, 1.82) is 0 Å². The van der Waals surface area contributed by atoms with E-state index in [9.17, 15) is 8.78 Å². The second kappa shape index (κ2) is 18.5. The third kappa shape index (κ3) is 22.6. The molecule has 0 aliphatic carbocycles. The summed E-state index contributed by atoms with van der Waals surface area (Å²) < 4.78 is 23.9. The summed E-state index contributed by atoms with van der Waals surface area (Å²) in [7, 11) is 10.00. The molecule has 1 aromatic carbocycles. The number of hydrogen-bond acceptors (Lipinski definition) is 3. The topological polar surface area (TPSA) is 15.7 Å². The Morgan fingerprint density at radius 1 is 1.05 bits per heavy atom. The SMILES string of the molecule is CN(C)CCN(C)C.COc1cc[c-]cc1.F[CH-]F.[Pd+2]. The fourth-order valence-electron chi connectivity index (χ4n) is 0.908. The van der Waals surface area contributed by atoms with Crippen molar-refractivity contribution in [2.45, 2.75) is 0 Å². The summed E-state index contributed by atoms with van der Waals surface area (Å²) in [5.74, 6) is 0.878. The van der Waals surface area contributed by atoms with Gasteiger partial charge in [0.05, 0.1) is 7.11 Å².